The molecule has 0 aromatic heterocycles. The average molecular weight is 413 g/mol. The number of benzene rings is 2. The summed E-state index contributed by atoms with van der Waals surface area (Å²) in [5.41, 5.74) is 2.12. The lowest BCUT2D eigenvalue weighted by molar-refractivity contribution is 0.0618. The fourth-order valence-electron chi connectivity index (χ4n) is 3.52. The fraction of sp³-hybridized carbons (Fsp3) is 0.440. The van der Waals surface area contributed by atoms with E-state index in [-0.39, 0.29) is 5.82 Å². The number of halogens is 1. The van der Waals surface area contributed by atoms with Gasteiger partial charge in [-0.3, -0.25) is 0 Å². The molecule has 30 heavy (non-hydrogen) atoms. The molecule has 1 aliphatic heterocycles. The van der Waals surface area contributed by atoms with Crippen molar-refractivity contribution < 1.29 is 13.9 Å². The summed E-state index contributed by atoms with van der Waals surface area (Å²) in [6, 6.07) is 15.0. The van der Waals surface area contributed by atoms with E-state index in [0.29, 0.717) is 37.6 Å². The zero-order valence-electron chi connectivity index (χ0n) is 18.1. The Morgan fingerprint density at radius 2 is 1.70 bits per heavy atom. The fourth-order valence-corrected chi connectivity index (χ4v) is 3.52. The molecule has 0 spiro atoms. The predicted octanol–water partition coefficient (Wildman–Crippen LogP) is 5.10. The molecule has 162 valence electrons. The maximum atomic E-state index is 13.3. The molecule has 1 heterocycles. The number of hydrogen-bond acceptors (Lipinski definition) is 4. The van der Waals surface area contributed by atoms with Crippen LogP contribution >= 0.6 is 0 Å². The first-order valence-electron chi connectivity index (χ1n) is 10.8. The SMILES string of the molecule is C=C(OCc1ccc(OCC(C)C)cc1)N(Cc1ccc(F)cc1)C1CCNCC1. The molecule has 1 saturated heterocycles. The minimum absolute atomic E-state index is 0.219. The van der Waals surface area contributed by atoms with Crippen LogP contribution in [0.1, 0.15) is 37.8 Å². The standard InChI is InChI=1S/C25H33FN2O2/c1-19(2)17-30-25-10-6-22(7-11-25)18-29-20(3)28(24-12-14-27-15-13-24)16-21-4-8-23(26)9-5-21/h4-11,19,24,27H,3,12-18H2,1-2H3. The molecule has 0 saturated carbocycles. The van der Waals surface area contributed by atoms with E-state index in [9.17, 15) is 4.39 Å². The first-order chi connectivity index (χ1) is 14.5. The van der Waals surface area contributed by atoms with Crippen molar-refractivity contribution in [2.45, 2.75) is 45.9 Å². The third-order valence-corrected chi connectivity index (χ3v) is 5.25. The van der Waals surface area contributed by atoms with Gasteiger partial charge in [0, 0.05) is 12.6 Å². The van der Waals surface area contributed by atoms with Gasteiger partial charge in [-0.15, -0.1) is 0 Å². The van der Waals surface area contributed by atoms with Gasteiger partial charge < -0.3 is 19.7 Å². The normalized spacial score (nSPS) is 14.5. The van der Waals surface area contributed by atoms with Crippen molar-refractivity contribution in [2.24, 2.45) is 5.92 Å². The largest absolute Gasteiger partial charge is 0.493 e. The van der Waals surface area contributed by atoms with Gasteiger partial charge in [-0.2, -0.15) is 0 Å². The average Bonchev–Trinajstić information content (AvgIpc) is 2.77. The number of nitrogens with one attached hydrogen (secondary N) is 1. The Labute approximate surface area is 179 Å². The highest BCUT2D eigenvalue weighted by molar-refractivity contribution is 5.27. The maximum Gasteiger partial charge on any atom is 0.182 e. The molecular weight excluding hydrogens is 379 g/mol. The Hall–Kier alpha value is -2.53. The molecule has 1 aliphatic rings. The van der Waals surface area contributed by atoms with Gasteiger partial charge in [0.25, 0.3) is 0 Å². The van der Waals surface area contributed by atoms with E-state index in [1.165, 1.54) is 12.1 Å². The van der Waals surface area contributed by atoms with Crippen molar-refractivity contribution >= 4 is 0 Å². The Morgan fingerprint density at radius 1 is 1.07 bits per heavy atom. The quantitative estimate of drug-likeness (QED) is 0.551. The van der Waals surface area contributed by atoms with Crippen LogP contribution in [-0.2, 0) is 17.9 Å². The molecule has 1 N–H and O–H groups in total. The smallest absolute Gasteiger partial charge is 0.182 e. The summed E-state index contributed by atoms with van der Waals surface area (Å²) in [6.07, 6.45) is 2.07. The van der Waals surface area contributed by atoms with Crippen molar-refractivity contribution in [3.8, 4) is 5.75 Å². The minimum atomic E-state index is -0.219. The molecule has 0 unspecified atom stereocenters. The molecule has 0 aliphatic carbocycles. The molecule has 5 heteroatoms. The van der Waals surface area contributed by atoms with Crippen LogP contribution in [-0.4, -0.2) is 30.6 Å². The van der Waals surface area contributed by atoms with Gasteiger partial charge in [0.1, 0.15) is 18.2 Å². The minimum Gasteiger partial charge on any atom is -0.493 e. The molecule has 1 fully saturated rings. The van der Waals surface area contributed by atoms with E-state index < -0.39 is 0 Å². The first kappa shape index (κ1) is 22.2. The third-order valence-electron chi connectivity index (χ3n) is 5.25. The molecule has 3 rings (SSSR count). The van der Waals surface area contributed by atoms with Crippen LogP contribution in [0.5, 0.6) is 5.75 Å². The highest BCUT2D eigenvalue weighted by atomic mass is 19.1. The van der Waals surface area contributed by atoms with E-state index in [1.807, 2.05) is 36.4 Å². The monoisotopic (exact) mass is 412 g/mol. The van der Waals surface area contributed by atoms with Crippen molar-refractivity contribution in [1.29, 1.82) is 0 Å². The van der Waals surface area contributed by atoms with Crippen LogP contribution in [0.15, 0.2) is 61.0 Å². The third kappa shape index (κ3) is 6.77. The van der Waals surface area contributed by atoms with Gasteiger partial charge in [-0.1, -0.05) is 38.1 Å². The number of hydrogen-bond donors (Lipinski definition) is 1. The molecule has 0 bridgehead atoms. The predicted molar refractivity (Wildman–Crippen MR) is 119 cm³/mol. The Balaban J connectivity index is 1.60. The van der Waals surface area contributed by atoms with E-state index in [4.69, 9.17) is 9.47 Å². The van der Waals surface area contributed by atoms with E-state index >= 15 is 0 Å². The summed E-state index contributed by atoms with van der Waals surface area (Å²) in [4.78, 5) is 2.22. The lowest BCUT2D eigenvalue weighted by atomic mass is 10.0. The molecule has 2 aromatic carbocycles. The van der Waals surface area contributed by atoms with Gasteiger partial charge in [-0.25, -0.2) is 4.39 Å². The van der Waals surface area contributed by atoms with Crippen molar-refractivity contribution in [1.82, 2.24) is 10.2 Å². The van der Waals surface area contributed by atoms with Gasteiger partial charge in [0.05, 0.1) is 6.61 Å². The Bertz CT molecular complexity index is 784. The summed E-state index contributed by atoms with van der Waals surface area (Å²) >= 11 is 0. The highest BCUT2D eigenvalue weighted by Gasteiger charge is 2.23. The van der Waals surface area contributed by atoms with E-state index in [2.05, 4.69) is 30.6 Å². The second-order valence-electron chi connectivity index (χ2n) is 8.27. The lowest BCUT2D eigenvalue weighted by Crippen LogP contribution is -2.42. The van der Waals surface area contributed by atoms with Gasteiger partial charge >= 0.3 is 0 Å². The molecule has 0 amide bonds. The zero-order valence-corrected chi connectivity index (χ0v) is 18.1. The second kappa shape index (κ2) is 11.0. The summed E-state index contributed by atoms with van der Waals surface area (Å²) < 4.78 is 25.1. The van der Waals surface area contributed by atoms with Crippen molar-refractivity contribution in [2.75, 3.05) is 19.7 Å². The topological polar surface area (TPSA) is 33.7 Å². The van der Waals surface area contributed by atoms with Crippen molar-refractivity contribution in [3.05, 3.63) is 77.9 Å². The Morgan fingerprint density at radius 3 is 2.33 bits per heavy atom. The lowest BCUT2D eigenvalue weighted by Gasteiger charge is -2.37. The van der Waals surface area contributed by atoms with Crippen LogP contribution in [0.25, 0.3) is 0 Å². The number of nitrogens with zero attached hydrogens (tertiary/aromatic N) is 1. The van der Waals surface area contributed by atoms with Gasteiger partial charge in [0.2, 0.25) is 0 Å². The summed E-state index contributed by atoms with van der Waals surface area (Å²) in [7, 11) is 0. The summed E-state index contributed by atoms with van der Waals surface area (Å²) in [5.74, 6) is 1.81. The number of piperidine rings is 1. The van der Waals surface area contributed by atoms with Crippen LogP contribution < -0.4 is 10.1 Å². The molecule has 4 nitrogen and oxygen atoms in total. The highest BCUT2D eigenvalue weighted by Crippen LogP contribution is 2.22. The van der Waals surface area contributed by atoms with Gasteiger partial charge in [0.15, 0.2) is 5.88 Å². The maximum absolute atomic E-state index is 13.3. The van der Waals surface area contributed by atoms with E-state index in [1.54, 1.807) is 0 Å². The summed E-state index contributed by atoms with van der Waals surface area (Å²) in [6.45, 7) is 12.3. The first-order valence-corrected chi connectivity index (χ1v) is 10.8. The molecule has 2 aromatic rings. The van der Waals surface area contributed by atoms with Crippen molar-refractivity contribution in [3.63, 3.8) is 0 Å². The molecular formula is C25H33FN2O2. The zero-order chi connectivity index (χ0) is 21.3. The van der Waals surface area contributed by atoms with E-state index in [0.717, 1.165) is 42.8 Å². The van der Waals surface area contributed by atoms with Crippen LogP contribution in [0.2, 0.25) is 0 Å². The molecule has 0 atom stereocenters. The van der Waals surface area contributed by atoms with Crippen LogP contribution in [0, 0.1) is 11.7 Å². The van der Waals surface area contributed by atoms with Crippen LogP contribution in [0.3, 0.4) is 0 Å². The Kier molecular flexibility index (Phi) is 8.14. The number of rotatable bonds is 10. The van der Waals surface area contributed by atoms with Crippen LogP contribution in [0.4, 0.5) is 4.39 Å². The molecule has 0 radical (unpaired) electrons. The second-order valence-corrected chi connectivity index (χ2v) is 8.27. The van der Waals surface area contributed by atoms with Gasteiger partial charge in [-0.05, 0) is 73.8 Å². The summed E-state index contributed by atoms with van der Waals surface area (Å²) in [5, 5.41) is 3.40. The number of ether oxygens (including phenoxy) is 2.